The van der Waals surface area contributed by atoms with Crippen molar-refractivity contribution in [2.24, 2.45) is 0 Å². The van der Waals surface area contributed by atoms with Gasteiger partial charge in [0.05, 0.1) is 6.10 Å². The molecule has 134 valence electrons. The molecule has 5 nitrogen and oxygen atoms in total. The fourth-order valence-corrected chi connectivity index (χ4v) is 3.31. The molecule has 2 unspecified atom stereocenters. The van der Waals surface area contributed by atoms with Crippen LogP contribution in [0.2, 0.25) is 0 Å². The molecular formula is C19H22O5S. The van der Waals surface area contributed by atoms with Crippen molar-refractivity contribution in [3.63, 3.8) is 0 Å². The second-order valence-corrected chi connectivity index (χ2v) is 6.99. The highest BCUT2D eigenvalue weighted by molar-refractivity contribution is 7.09. The number of rotatable bonds is 8. The average Bonchev–Trinajstić information content (AvgIpc) is 3.26. The van der Waals surface area contributed by atoms with Gasteiger partial charge in [-0.25, -0.2) is 0 Å². The zero-order valence-electron chi connectivity index (χ0n) is 14.1. The monoisotopic (exact) mass is 362 g/mol. The molecule has 25 heavy (non-hydrogen) atoms. The van der Waals surface area contributed by atoms with Crippen molar-refractivity contribution in [3.8, 4) is 11.5 Å². The molecule has 0 bridgehead atoms. The zero-order valence-corrected chi connectivity index (χ0v) is 15.0. The number of ether oxygens (including phenoxy) is 3. The van der Waals surface area contributed by atoms with E-state index in [-0.39, 0.29) is 5.97 Å². The van der Waals surface area contributed by atoms with Gasteiger partial charge in [-0.2, -0.15) is 0 Å². The van der Waals surface area contributed by atoms with Crippen LogP contribution >= 0.6 is 11.3 Å². The van der Waals surface area contributed by atoms with Gasteiger partial charge in [-0.15, -0.1) is 11.3 Å². The van der Waals surface area contributed by atoms with E-state index in [1.165, 1.54) is 4.88 Å². The molecule has 1 aliphatic rings. The van der Waals surface area contributed by atoms with E-state index in [9.17, 15) is 9.90 Å². The summed E-state index contributed by atoms with van der Waals surface area (Å²) >= 11 is 1.69. The van der Waals surface area contributed by atoms with Crippen molar-refractivity contribution in [1.29, 1.82) is 0 Å². The quantitative estimate of drug-likeness (QED) is 0.713. The second-order valence-electron chi connectivity index (χ2n) is 5.96. The van der Waals surface area contributed by atoms with E-state index in [1.807, 2.05) is 24.4 Å². The van der Waals surface area contributed by atoms with Gasteiger partial charge >= 0.3 is 12.4 Å². The summed E-state index contributed by atoms with van der Waals surface area (Å²) < 4.78 is 16.1. The number of aliphatic hydroxyl groups excluding tert-OH is 1. The predicted molar refractivity (Wildman–Crippen MR) is 94.7 cm³/mol. The molecule has 1 aromatic heterocycles. The van der Waals surface area contributed by atoms with E-state index in [2.05, 4.69) is 6.07 Å². The van der Waals surface area contributed by atoms with Gasteiger partial charge in [-0.1, -0.05) is 25.5 Å². The highest BCUT2D eigenvalue weighted by atomic mass is 32.1. The Morgan fingerprint density at radius 3 is 2.92 bits per heavy atom. The van der Waals surface area contributed by atoms with Crippen LogP contribution in [-0.2, 0) is 16.0 Å². The van der Waals surface area contributed by atoms with Crippen molar-refractivity contribution in [3.05, 3.63) is 46.2 Å². The number of hydrogen-bond acceptors (Lipinski definition) is 6. The van der Waals surface area contributed by atoms with Crippen molar-refractivity contribution in [2.75, 3.05) is 0 Å². The third kappa shape index (κ3) is 4.74. The smallest absolute Gasteiger partial charge is 0.408 e. The van der Waals surface area contributed by atoms with Gasteiger partial charge in [0.15, 0.2) is 11.5 Å². The Labute approximate surface area is 151 Å². The zero-order chi connectivity index (χ0) is 17.6. The fraction of sp³-hybridized carbons (Fsp3) is 0.421. The lowest BCUT2D eigenvalue weighted by molar-refractivity contribution is -0.194. The van der Waals surface area contributed by atoms with Gasteiger partial charge in [-0.3, -0.25) is 4.79 Å². The molecule has 2 aromatic rings. The van der Waals surface area contributed by atoms with Gasteiger partial charge in [0.25, 0.3) is 0 Å². The summed E-state index contributed by atoms with van der Waals surface area (Å²) in [6, 6.07) is 9.36. The number of hydrogen-bond donors (Lipinski definition) is 1. The van der Waals surface area contributed by atoms with Gasteiger partial charge in [0, 0.05) is 11.3 Å². The predicted octanol–water partition coefficient (Wildman–Crippen LogP) is 4.20. The molecule has 0 fully saturated rings. The molecule has 0 saturated carbocycles. The first-order chi connectivity index (χ1) is 12.2. The van der Waals surface area contributed by atoms with Crippen molar-refractivity contribution in [2.45, 2.75) is 51.6 Å². The Balaban J connectivity index is 1.55. The average molecular weight is 362 g/mol. The molecule has 0 radical (unpaired) electrons. The summed E-state index contributed by atoms with van der Waals surface area (Å²) in [6.45, 7) is 0.967. The second kappa shape index (κ2) is 8.36. The Kier molecular flexibility index (Phi) is 5.94. The summed E-state index contributed by atoms with van der Waals surface area (Å²) in [6.07, 6.45) is 2.93. The van der Waals surface area contributed by atoms with Crippen molar-refractivity contribution < 1.29 is 24.1 Å². The highest BCUT2D eigenvalue weighted by Crippen LogP contribution is 2.37. The summed E-state index contributed by atoms with van der Waals surface area (Å²) in [5, 5.41) is 12.4. The minimum Gasteiger partial charge on any atom is -0.419 e. The first-order valence-electron chi connectivity index (χ1n) is 8.53. The minimum absolute atomic E-state index is 0.337. The third-order valence-electron chi connectivity index (χ3n) is 4.01. The van der Waals surface area contributed by atoms with Gasteiger partial charge in [-0.05, 0) is 48.4 Å². The van der Waals surface area contributed by atoms with Crippen molar-refractivity contribution >= 4 is 17.3 Å². The Morgan fingerprint density at radius 2 is 2.16 bits per heavy atom. The number of benzene rings is 1. The molecule has 0 aliphatic carbocycles. The lowest BCUT2D eigenvalue weighted by Gasteiger charge is -2.11. The maximum absolute atomic E-state index is 11.7. The lowest BCUT2D eigenvalue weighted by atomic mass is 10.0. The van der Waals surface area contributed by atoms with Crippen LogP contribution in [0, 0.1) is 0 Å². The molecular weight excluding hydrogens is 340 g/mol. The van der Waals surface area contributed by atoms with E-state index in [1.54, 1.807) is 23.5 Å². The number of aliphatic hydroxyl groups is 1. The van der Waals surface area contributed by atoms with Crippen molar-refractivity contribution in [1.82, 2.24) is 0 Å². The molecule has 0 amide bonds. The van der Waals surface area contributed by atoms with Crippen LogP contribution in [0.15, 0.2) is 35.7 Å². The van der Waals surface area contributed by atoms with Crippen LogP contribution in [0.5, 0.6) is 11.5 Å². The summed E-state index contributed by atoms with van der Waals surface area (Å²) in [5.74, 6) is 0.666. The number of fused-ring (bicyclic) bond motifs is 1. The van der Waals surface area contributed by atoms with Crippen LogP contribution in [0.1, 0.15) is 49.2 Å². The number of unbranched alkanes of at least 4 members (excludes halogenated alkanes) is 1. The normalized spacial score (nSPS) is 16.6. The number of carbonyl (C=O) groups excluding carboxylic acids is 1. The lowest BCUT2D eigenvalue weighted by Crippen LogP contribution is -2.25. The Bertz CT molecular complexity index is 698. The standard InChI is InChI=1S/C19H22O5S/c1-2-3-6-18(21)24-19-22-16-10-7-13(12-17(16)23-19)15(20)9-8-14-5-4-11-25-14/h4-5,7,10-12,15,19-20H,2-3,6,8-9H2,1H3. The van der Waals surface area contributed by atoms with Crippen LogP contribution in [0.3, 0.4) is 0 Å². The molecule has 6 heteroatoms. The molecule has 0 saturated heterocycles. The van der Waals surface area contributed by atoms with Crippen LogP contribution < -0.4 is 9.47 Å². The maximum atomic E-state index is 11.7. The van der Waals surface area contributed by atoms with Crippen LogP contribution in [0.4, 0.5) is 0 Å². The first-order valence-corrected chi connectivity index (χ1v) is 9.41. The molecule has 2 heterocycles. The number of carbonyl (C=O) groups is 1. The van der Waals surface area contributed by atoms with E-state index < -0.39 is 12.6 Å². The van der Waals surface area contributed by atoms with Crippen LogP contribution in [-0.4, -0.2) is 17.6 Å². The largest absolute Gasteiger partial charge is 0.419 e. The van der Waals surface area contributed by atoms with Gasteiger partial charge in [0.2, 0.25) is 0 Å². The molecule has 1 N–H and O–H groups in total. The Hall–Kier alpha value is -2.05. The summed E-state index contributed by atoms with van der Waals surface area (Å²) in [5.41, 5.74) is 0.761. The van der Waals surface area contributed by atoms with Gasteiger partial charge < -0.3 is 19.3 Å². The molecule has 3 rings (SSSR count). The highest BCUT2D eigenvalue weighted by Gasteiger charge is 2.28. The Morgan fingerprint density at radius 1 is 1.32 bits per heavy atom. The van der Waals surface area contributed by atoms with E-state index in [0.29, 0.717) is 24.3 Å². The maximum Gasteiger partial charge on any atom is 0.408 e. The first kappa shape index (κ1) is 17.8. The van der Waals surface area contributed by atoms with E-state index >= 15 is 0 Å². The number of aryl methyl sites for hydroxylation is 1. The molecule has 1 aromatic carbocycles. The van der Waals surface area contributed by atoms with E-state index in [4.69, 9.17) is 14.2 Å². The molecule has 1 aliphatic heterocycles. The van der Waals surface area contributed by atoms with Gasteiger partial charge in [0.1, 0.15) is 0 Å². The molecule has 2 atom stereocenters. The fourth-order valence-electron chi connectivity index (χ4n) is 2.59. The third-order valence-corrected chi connectivity index (χ3v) is 4.94. The summed E-state index contributed by atoms with van der Waals surface area (Å²) in [7, 11) is 0. The van der Waals surface area contributed by atoms with Crippen LogP contribution in [0.25, 0.3) is 0 Å². The summed E-state index contributed by atoms with van der Waals surface area (Å²) in [4.78, 5) is 12.9. The minimum atomic E-state index is -1.04. The SMILES string of the molecule is CCCCC(=O)OC1Oc2ccc(C(O)CCc3cccs3)cc2O1. The number of esters is 1. The topological polar surface area (TPSA) is 65.0 Å². The van der Waals surface area contributed by atoms with E-state index in [0.717, 1.165) is 24.8 Å². The molecule has 0 spiro atoms. The number of thiophene rings is 1.